The topological polar surface area (TPSA) is 46.5 Å². The Morgan fingerprint density at radius 3 is 2.80 bits per heavy atom. The zero-order chi connectivity index (χ0) is 7.98. The Labute approximate surface area is 64.2 Å². The molecule has 1 unspecified atom stereocenters. The van der Waals surface area contributed by atoms with Crippen LogP contribution in [0.2, 0.25) is 0 Å². The summed E-state index contributed by atoms with van der Waals surface area (Å²) in [5, 5.41) is 8.52. The first-order valence-corrected chi connectivity index (χ1v) is 3.16. The summed E-state index contributed by atoms with van der Waals surface area (Å²) in [6.07, 6.45) is 1.40. The lowest BCUT2D eigenvalue weighted by atomic mass is 10.3. The van der Waals surface area contributed by atoms with Gasteiger partial charge in [0.05, 0.1) is 6.61 Å². The Hall–Kier alpha value is -0.540. The van der Waals surface area contributed by atoms with Crippen molar-refractivity contribution in [2.45, 2.75) is 12.5 Å². The molecule has 0 aliphatic carbocycles. The van der Waals surface area contributed by atoms with E-state index < -0.39 is 11.5 Å². The Balaban J connectivity index is 3.59. The molecular weight excluding hydrogens is 156 g/mol. The van der Waals surface area contributed by atoms with Gasteiger partial charge in [-0.15, -0.1) is 6.58 Å². The molecule has 0 aliphatic rings. The number of halogens is 1. The molecule has 10 heavy (non-hydrogen) atoms. The molecule has 58 valence electrons. The minimum atomic E-state index is -0.902. The standard InChI is InChI=1S/C6H9ClO3/c1-2-3-5(4-8)10-6(7)9/h2,5,8H,1,3-4H2. The van der Waals surface area contributed by atoms with Crippen LogP contribution in [-0.4, -0.2) is 23.2 Å². The van der Waals surface area contributed by atoms with Gasteiger partial charge in [0.15, 0.2) is 0 Å². The number of rotatable bonds is 4. The number of ether oxygens (including phenoxy) is 1. The lowest BCUT2D eigenvalue weighted by Gasteiger charge is -2.09. The summed E-state index contributed by atoms with van der Waals surface area (Å²) in [7, 11) is 0. The van der Waals surface area contributed by atoms with Crippen molar-refractivity contribution in [3.05, 3.63) is 12.7 Å². The van der Waals surface area contributed by atoms with Crippen molar-refractivity contribution in [1.29, 1.82) is 0 Å². The summed E-state index contributed by atoms with van der Waals surface area (Å²) < 4.78 is 4.45. The van der Waals surface area contributed by atoms with Crippen molar-refractivity contribution >= 4 is 17.0 Å². The predicted octanol–water partition coefficient (Wildman–Crippen LogP) is 1.30. The highest BCUT2D eigenvalue weighted by Gasteiger charge is 2.08. The van der Waals surface area contributed by atoms with Crippen LogP contribution in [0.1, 0.15) is 6.42 Å². The van der Waals surface area contributed by atoms with Gasteiger partial charge in [-0.1, -0.05) is 6.08 Å². The maximum atomic E-state index is 10.1. The van der Waals surface area contributed by atoms with Crippen LogP contribution < -0.4 is 0 Å². The van der Waals surface area contributed by atoms with Gasteiger partial charge >= 0.3 is 5.43 Å². The Morgan fingerprint density at radius 1 is 1.90 bits per heavy atom. The highest BCUT2D eigenvalue weighted by molar-refractivity contribution is 6.61. The van der Waals surface area contributed by atoms with Gasteiger partial charge < -0.3 is 9.84 Å². The molecule has 1 atom stereocenters. The second kappa shape index (κ2) is 5.26. The van der Waals surface area contributed by atoms with Gasteiger partial charge in [-0.2, -0.15) is 0 Å². The molecule has 0 rings (SSSR count). The van der Waals surface area contributed by atoms with Crippen LogP contribution in [0.25, 0.3) is 0 Å². The lowest BCUT2D eigenvalue weighted by Crippen LogP contribution is -2.17. The summed E-state index contributed by atoms with van der Waals surface area (Å²) in [6.45, 7) is 3.18. The van der Waals surface area contributed by atoms with E-state index in [9.17, 15) is 4.79 Å². The van der Waals surface area contributed by atoms with Gasteiger partial charge in [0.1, 0.15) is 6.10 Å². The van der Waals surface area contributed by atoms with Gasteiger partial charge in [0.2, 0.25) is 0 Å². The minimum absolute atomic E-state index is 0.232. The van der Waals surface area contributed by atoms with E-state index >= 15 is 0 Å². The molecule has 0 radical (unpaired) electrons. The molecular formula is C6H9ClO3. The molecule has 0 heterocycles. The number of aliphatic hydroxyl groups excluding tert-OH is 1. The van der Waals surface area contributed by atoms with Crippen LogP contribution in [0.3, 0.4) is 0 Å². The number of carbonyl (C=O) groups is 1. The Morgan fingerprint density at radius 2 is 2.50 bits per heavy atom. The molecule has 0 fully saturated rings. The Bertz CT molecular complexity index is 124. The molecule has 0 amide bonds. The van der Waals surface area contributed by atoms with Gasteiger partial charge in [-0.05, 0) is 0 Å². The van der Waals surface area contributed by atoms with Gasteiger partial charge in [-0.25, -0.2) is 4.79 Å². The predicted molar refractivity (Wildman–Crippen MR) is 38.0 cm³/mol. The average molecular weight is 165 g/mol. The molecule has 3 nitrogen and oxygen atoms in total. The first kappa shape index (κ1) is 9.46. The van der Waals surface area contributed by atoms with E-state index in [2.05, 4.69) is 11.3 Å². The smallest absolute Gasteiger partial charge is 0.404 e. The normalized spacial score (nSPS) is 12.2. The molecule has 0 aromatic heterocycles. The third kappa shape index (κ3) is 4.35. The first-order chi connectivity index (χ1) is 4.70. The monoisotopic (exact) mass is 164 g/mol. The van der Waals surface area contributed by atoms with E-state index in [0.717, 1.165) is 0 Å². The van der Waals surface area contributed by atoms with Crippen LogP contribution in [0.15, 0.2) is 12.7 Å². The van der Waals surface area contributed by atoms with Crippen molar-refractivity contribution < 1.29 is 14.6 Å². The molecule has 0 aromatic carbocycles. The summed E-state index contributed by atoms with van der Waals surface area (Å²) in [4.78, 5) is 10.1. The molecule has 4 heteroatoms. The van der Waals surface area contributed by atoms with Crippen LogP contribution in [0, 0.1) is 0 Å². The Kier molecular flexibility index (Phi) is 4.98. The van der Waals surface area contributed by atoms with Crippen LogP contribution in [0.4, 0.5) is 4.79 Å². The minimum Gasteiger partial charge on any atom is -0.448 e. The molecule has 0 saturated heterocycles. The number of aliphatic hydroxyl groups is 1. The van der Waals surface area contributed by atoms with E-state index in [0.29, 0.717) is 6.42 Å². The second-order valence-corrected chi connectivity index (χ2v) is 1.99. The zero-order valence-electron chi connectivity index (χ0n) is 5.42. The highest BCUT2D eigenvalue weighted by atomic mass is 35.5. The largest absolute Gasteiger partial charge is 0.448 e. The number of hydrogen-bond donors (Lipinski definition) is 1. The summed E-state index contributed by atoms with van der Waals surface area (Å²) in [5.41, 5.74) is -0.902. The lowest BCUT2D eigenvalue weighted by molar-refractivity contribution is 0.0757. The van der Waals surface area contributed by atoms with Gasteiger partial charge in [-0.3, -0.25) is 0 Å². The zero-order valence-corrected chi connectivity index (χ0v) is 6.17. The highest BCUT2D eigenvalue weighted by Crippen LogP contribution is 2.00. The second-order valence-electron chi connectivity index (χ2n) is 1.68. The van der Waals surface area contributed by atoms with Crippen LogP contribution in [0.5, 0.6) is 0 Å². The van der Waals surface area contributed by atoms with Crippen molar-refractivity contribution in [3.8, 4) is 0 Å². The van der Waals surface area contributed by atoms with E-state index in [1.165, 1.54) is 0 Å². The molecule has 0 spiro atoms. The fourth-order valence-electron chi connectivity index (χ4n) is 0.477. The SMILES string of the molecule is C=CCC(CO)OC(=O)Cl. The summed E-state index contributed by atoms with van der Waals surface area (Å²) in [6, 6.07) is 0. The van der Waals surface area contributed by atoms with Gasteiger partial charge in [0, 0.05) is 18.0 Å². The third-order valence-electron chi connectivity index (χ3n) is 0.893. The van der Waals surface area contributed by atoms with Crippen LogP contribution in [-0.2, 0) is 4.74 Å². The maximum absolute atomic E-state index is 10.1. The van der Waals surface area contributed by atoms with Crippen molar-refractivity contribution in [2.24, 2.45) is 0 Å². The number of carbonyl (C=O) groups excluding carboxylic acids is 1. The first-order valence-electron chi connectivity index (χ1n) is 2.78. The van der Waals surface area contributed by atoms with Crippen LogP contribution >= 0.6 is 11.6 Å². The van der Waals surface area contributed by atoms with E-state index in [1.54, 1.807) is 6.08 Å². The fourth-order valence-corrected chi connectivity index (χ4v) is 0.603. The van der Waals surface area contributed by atoms with E-state index in [-0.39, 0.29) is 6.61 Å². The summed E-state index contributed by atoms with van der Waals surface area (Å²) in [5.74, 6) is 0. The molecule has 0 saturated carbocycles. The number of hydrogen-bond acceptors (Lipinski definition) is 3. The molecule has 0 aliphatic heterocycles. The molecule has 1 N–H and O–H groups in total. The maximum Gasteiger partial charge on any atom is 0.404 e. The fraction of sp³-hybridized carbons (Fsp3) is 0.500. The van der Waals surface area contributed by atoms with Crippen molar-refractivity contribution in [2.75, 3.05) is 6.61 Å². The quantitative estimate of drug-likeness (QED) is 0.503. The molecule has 0 aromatic rings. The third-order valence-corrected chi connectivity index (χ3v) is 0.982. The van der Waals surface area contributed by atoms with E-state index in [4.69, 9.17) is 16.7 Å². The van der Waals surface area contributed by atoms with Crippen molar-refractivity contribution in [1.82, 2.24) is 0 Å². The van der Waals surface area contributed by atoms with Crippen molar-refractivity contribution in [3.63, 3.8) is 0 Å². The average Bonchev–Trinajstić information content (AvgIpc) is 1.86. The molecule has 0 bridgehead atoms. The summed E-state index contributed by atoms with van der Waals surface area (Å²) >= 11 is 4.88. The van der Waals surface area contributed by atoms with E-state index in [1.807, 2.05) is 0 Å². The van der Waals surface area contributed by atoms with Gasteiger partial charge in [0.25, 0.3) is 0 Å².